The van der Waals surface area contributed by atoms with Gasteiger partial charge in [0.1, 0.15) is 12.4 Å². The van der Waals surface area contributed by atoms with Crippen LogP contribution in [0.3, 0.4) is 0 Å². The first-order valence-corrected chi connectivity index (χ1v) is 7.46. The molecule has 2 rings (SSSR count). The maximum absolute atomic E-state index is 6.02. The van der Waals surface area contributed by atoms with E-state index in [4.69, 9.17) is 10.5 Å². The molecule has 0 bridgehead atoms. The second-order valence-electron chi connectivity index (χ2n) is 5.82. The summed E-state index contributed by atoms with van der Waals surface area (Å²) in [6, 6.07) is 6.25. The van der Waals surface area contributed by atoms with Gasteiger partial charge in [-0.2, -0.15) is 0 Å². The van der Waals surface area contributed by atoms with Gasteiger partial charge in [0.05, 0.1) is 0 Å². The first kappa shape index (κ1) is 15.3. The number of benzene rings is 1. The molecular weight excluding hydrogens is 250 g/mol. The molecule has 20 heavy (non-hydrogen) atoms. The first-order valence-electron chi connectivity index (χ1n) is 7.46. The van der Waals surface area contributed by atoms with Gasteiger partial charge in [-0.3, -0.25) is 4.90 Å². The normalized spacial score (nSPS) is 19.0. The minimum Gasteiger partial charge on any atom is -0.492 e. The first-order chi connectivity index (χ1) is 9.56. The summed E-state index contributed by atoms with van der Waals surface area (Å²) in [4.78, 5) is 4.82. The molecule has 0 saturated carbocycles. The Balaban J connectivity index is 1.85. The largest absolute Gasteiger partial charge is 0.492 e. The van der Waals surface area contributed by atoms with Crippen LogP contribution in [0.25, 0.3) is 0 Å². The van der Waals surface area contributed by atoms with E-state index in [9.17, 15) is 0 Å². The van der Waals surface area contributed by atoms with Crippen LogP contribution in [0.2, 0.25) is 0 Å². The molecule has 0 radical (unpaired) electrons. The van der Waals surface area contributed by atoms with Gasteiger partial charge in [0.25, 0.3) is 0 Å². The van der Waals surface area contributed by atoms with Gasteiger partial charge in [-0.15, -0.1) is 0 Å². The van der Waals surface area contributed by atoms with Gasteiger partial charge in [0, 0.05) is 44.3 Å². The summed E-state index contributed by atoms with van der Waals surface area (Å²) in [5.41, 5.74) is 8.34. The van der Waals surface area contributed by atoms with Crippen molar-refractivity contribution < 1.29 is 4.74 Å². The molecule has 1 saturated heterocycles. The molecule has 1 aliphatic rings. The third-order valence-corrected chi connectivity index (χ3v) is 3.92. The van der Waals surface area contributed by atoms with Crippen LogP contribution in [0.4, 0.5) is 0 Å². The summed E-state index contributed by atoms with van der Waals surface area (Å²) in [6.45, 7) is 10.4. The van der Waals surface area contributed by atoms with Gasteiger partial charge >= 0.3 is 0 Å². The standard InChI is InChI=1S/C16H27N3O/c1-13-4-5-16(15(12-13)14(2)17)20-11-10-19-8-6-18(3)7-9-19/h4-5,12,14H,6-11,17H2,1-3H3. The molecule has 1 aromatic carbocycles. The Morgan fingerprint density at radius 1 is 1.25 bits per heavy atom. The lowest BCUT2D eigenvalue weighted by atomic mass is 10.1. The quantitative estimate of drug-likeness (QED) is 0.888. The predicted octanol–water partition coefficient (Wildman–Crippen LogP) is 1.64. The molecule has 1 unspecified atom stereocenters. The number of hydrogen-bond acceptors (Lipinski definition) is 4. The highest BCUT2D eigenvalue weighted by Gasteiger charge is 2.14. The third-order valence-electron chi connectivity index (χ3n) is 3.92. The van der Waals surface area contributed by atoms with Crippen molar-refractivity contribution in [1.29, 1.82) is 0 Å². The summed E-state index contributed by atoms with van der Waals surface area (Å²) >= 11 is 0. The maximum Gasteiger partial charge on any atom is 0.124 e. The van der Waals surface area contributed by atoms with Crippen LogP contribution in [-0.2, 0) is 0 Å². The van der Waals surface area contributed by atoms with E-state index >= 15 is 0 Å². The fraction of sp³-hybridized carbons (Fsp3) is 0.625. The van der Waals surface area contributed by atoms with Crippen molar-refractivity contribution in [3.8, 4) is 5.75 Å². The Hall–Kier alpha value is -1.10. The van der Waals surface area contributed by atoms with Gasteiger partial charge in [-0.25, -0.2) is 0 Å². The number of aryl methyl sites for hydroxylation is 1. The molecule has 1 heterocycles. The smallest absolute Gasteiger partial charge is 0.124 e. The summed E-state index contributed by atoms with van der Waals surface area (Å²) in [6.07, 6.45) is 0. The SMILES string of the molecule is Cc1ccc(OCCN2CCN(C)CC2)c(C(C)N)c1. The van der Waals surface area contributed by atoms with E-state index in [-0.39, 0.29) is 6.04 Å². The summed E-state index contributed by atoms with van der Waals surface area (Å²) in [7, 11) is 2.18. The number of nitrogens with two attached hydrogens (primary N) is 1. The molecule has 0 amide bonds. The molecular formula is C16H27N3O. The van der Waals surface area contributed by atoms with Crippen LogP contribution in [-0.4, -0.2) is 56.2 Å². The van der Waals surface area contributed by atoms with Crippen molar-refractivity contribution in [2.24, 2.45) is 5.73 Å². The molecule has 112 valence electrons. The van der Waals surface area contributed by atoms with Gasteiger partial charge in [0.2, 0.25) is 0 Å². The fourth-order valence-electron chi connectivity index (χ4n) is 2.51. The van der Waals surface area contributed by atoms with Gasteiger partial charge in [0.15, 0.2) is 0 Å². The molecule has 1 aliphatic heterocycles. The molecule has 4 nitrogen and oxygen atoms in total. The highest BCUT2D eigenvalue weighted by molar-refractivity contribution is 5.38. The second kappa shape index (κ2) is 7.07. The molecule has 4 heteroatoms. The Morgan fingerprint density at radius 2 is 1.95 bits per heavy atom. The Morgan fingerprint density at radius 3 is 2.60 bits per heavy atom. The van der Waals surface area contributed by atoms with Crippen molar-refractivity contribution in [2.45, 2.75) is 19.9 Å². The molecule has 0 aromatic heterocycles. The Kier molecular flexibility index (Phi) is 5.40. The van der Waals surface area contributed by atoms with E-state index in [1.807, 2.05) is 13.0 Å². The van der Waals surface area contributed by atoms with Crippen molar-refractivity contribution >= 4 is 0 Å². The maximum atomic E-state index is 6.02. The zero-order chi connectivity index (χ0) is 14.5. The third kappa shape index (κ3) is 4.20. The number of hydrogen-bond donors (Lipinski definition) is 1. The van der Waals surface area contributed by atoms with Crippen LogP contribution in [0.1, 0.15) is 24.1 Å². The molecule has 1 atom stereocenters. The van der Waals surface area contributed by atoms with E-state index in [1.54, 1.807) is 0 Å². The predicted molar refractivity (Wildman–Crippen MR) is 83.2 cm³/mol. The number of nitrogens with zero attached hydrogens (tertiary/aromatic N) is 2. The second-order valence-corrected chi connectivity index (χ2v) is 5.82. The van der Waals surface area contributed by atoms with Crippen molar-refractivity contribution in [3.63, 3.8) is 0 Å². The van der Waals surface area contributed by atoms with E-state index in [0.29, 0.717) is 0 Å². The lowest BCUT2D eigenvalue weighted by molar-refractivity contribution is 0.133. The Labute approximate surface area is 122 Å². The molecule has 0 aliphatic carbocycles. The van der Waals surface area contributed by atoms with Crippen molar-refractivity contribution in [3.05, 3.63) is 29.3 Å². The summed E-state index contributed by atoms with van der Waals surface area (Å²) in [5, 5.41) is 0. The van der Waals surface area contributed by atoms with Gasteiger partial charge in [-0.05, 0) is 27.0 Å². The van der Waals surface area contributed by atoms with Crippen LogP contribution < -0.4 is 10.5 Å². The number of rotatable bonds is 5. The van der Waals surface area contributed by atoms with Crippen LogP contribution >= 0.6 is 0 Å². The van der Waals surface area contributed by atoms with E-state index in [2.05, 4.69) is 35.9 Å². The molecule has 1 aromatic rings. The minimum atomic E-state index is 0.00790. The lowest BCUT2D eigenvalue weighted by Crippen LogP contribution is -2.45. The van der Waals surface area contributed by atoms with Crippen LogP contribution in [0, 0.1) is 6.92 Å². The molecule has 0 spiro atoms. The van der Waals surface area contributed by atoms with Crippen LogP contribution in [0.15, 0.2) is 18.2 Å². The van der Waals surface area contributed by atoms with Crippen molar-refractivity contribution in [2.75, 3.05) is 46.4 Å². The number of piperazine rings is 1. The van der Waals surface area contributed by atoms with E-state index in [0.717, 1.165) is 50.6 Å². The molecule has 2 N–H and O–H groups in total. The Bertz CT molecular complexity index is 426. The topological polar surface area (TPSA) is 41.7 Å². The zero-order valence-corrected chi connectivity index (χ0v) is 12.9. The molecule has 1 fully saturated rings. The summed E-state index contributed by atoms with van der Waals surface area (Å²) in [5.74, 6) is 0.930. The monoisotopic (exact) mass is 277 g/mol. The average Bonchev–Trinajstić information content (AvgIpc) is 2.42. The minimum absolute atomic E-state index is 0.00790. The summed E-state index contributed by atoms with van der Waals surface area (Å²) < 4.78 is 5.95. The average molecular weight is 277 g/mol. The van der Waals surface area contributed by atoms with Crippen molar-refractivity contribution in [1.82, 2.24) is 9.80 Å². The zero-order valence-electron chi connectivity index (χ0n) is 12.9. The van der Waals surface area contributed by atoms with E-state index < -0.39 is 0 Å². The van der Waals surface area contributed by atoms with Gasteiger partial charge in [-0.1, -0.05) is 17.7 Å². The van der Waals surface area contributed by atoms with Gasteiger partial charge < -0.3 is 15.4 Å². The van der Waals surface area contributed by atoms with E-state index in [1.165, 1.54) is 5.56 Å². The number of ether oxygens (including phenoxy) is 1. The highest BCUT2D eigenvalue weighted by atomic mass is 16.5. The van der Waals surface area contributed by atoms with Crippen LogP contribution in [0.5, 0.6) is 5.75 Å². The fourth-order valence-corrected chi connectivity index (χ4v) is 2.51. The number of likely N-dealkylation sites (N-methyl/N-ethyl adjacent to an activating group) is 1. The lowest BCUT2D eigenvalue weighted by Gasteiger charge is -2.32. The highest BCUT2D eigenvalue weighted by Crippen LogP contribution is 2.24.